The highest BCUT2D eigenvalue weighted by molar-refractivity contribution is 9.10. The van der Waals surface area contributed by atoms with Crippen LogP contribution in [0.4, 0.5) is 5.82 Å². The lowest BCUT2D eigenvalue weighted by atomic mass is 10.3. The predicted molar refractivity (Wildman–Crippen MR) is 75.5 cm³/mol. The van der Waals surface area contributed by atoms with Crippen LogP contribution in [0.15, 0.2) is 22.0 Å². The summed E-state index contributed by atoms with van der Waals surface area (Å²) >= 11 is 5.25. The second kappa shape index (κ2) is 5.60. The Balaban J connectivity index is 2.09. The molecule has 0 radical (unpaired) electrons. The average Bonchev–Trinajstić information content (AvgIpc) is 2.71. The normalized spacial score (nSPS) is 10.5. The van der Waals surface area contributed by atoms with Crippen LogP contribution in [0.3, 0.4) is 0 Å². The summed E-state index contributed by atoms with van der Waals surface area (Å²) in [5.41, 5.74) is 1.07. The number of nitrogens with zero attached hydrogens (tertiary/aromatic N) is 2. The minimum absolute atomic E-state index is 0.790. The van der Waals surface area contributed by atoms with Crippen LogP contribution in [0.5, 0.6) is 0 Å². The Bertz CT molecular complexity index is 510. The first-order valence-electron chi connectivity index (χ1n) is 5.49. The number of aryl methyl sites for hydroxylation is 2. The lowest BCUT2D eigenvalue weighted by Gasteiger charge is -2.07. The van der Waals surface area contributed by atoms with Crippen molar-refractivity contribution in [1.82, 2.24) is 9.97 Å². The molecule has 1 N–H and O–H groups in total. The van der Waals surface area contributed by atoms with E-state index in [0.717, 1.165) is 34.8 Å². The number of halogens is 1. The lowest BCUT2D eigenvalue weighted by Crippen LogP contribution is -2.04. The van der Waals surface area contributed by atoms with E-state index in [4.69, 9.17) is 0 Å². The molecule has 2 aromatic rings. The van der Waals surface area contributed by atoms with Gasteiger partial charge < -0.3 is 5.32 Å². The van der Waals surface area contributed by atoms with Crippen molar-refractivity contribution >= 4 is 33.1 Å². The van der Waals surface area contributed by atoms with Gasteiger partial charge in [-0.2, -0.15) is 0 Å². The standard InChI is InChI=1S/C12H14BrN3S/c1-3-9-6-12(16-8(2)15-9)14-7-11-10(13)4-5-17-11/h4-6H,3,7H2,1-2H3,(H,14,15,16). The molecular weight excluding hydrogens is 298 g/mol. The molecule has 0 aliphatic heterocycles. The molecule has 2 heterocycles. The average molecular weight is 312 g/mol. The van der Waals surface area contributed by atoms with E-state index in [-0.39, 0.29) is 0 Å². The fourth-order valence-corrected chi connectivity index (χ4v) is 2.96. The Labute approximate surface area is 113 Å². The number of hydrogen-bond acceptors (Lipinski definition) is 4. The Morgan fingerprint density at radius 2 is 2.24 bits per heavy atom. The summed E-state index contributed by atoms with van der Waals surface area (Å²) in [5.74, 6) is 1.71. The van der Waals surface area contributed by atoms with E-state index in [2.05, 4.69) is 49.6 Å². The van der Waals surface area contributed by atoms with Gasteiger partial charge in [-0.25, -0.2) is 9.97 Å². The first-order valence-corrected chi connectivity index (χ1v) is 7.16. The molecule has 0 unspecified atom stereocenters. The van der Waals surface area contributed by atoms with Crippen LogP contribution < -0.4 is 5.32 Å². The van der Waals surface area contributed by atoms with E-state index in [9.17, 15) is 0 Å². The van der Waals surface area contributed by atoms with E-state index in [1.807, 2.05) is 13.0 Å². The molecule has 2 aromatic heterocycles. The highest BCUT2D eigenvalue weighted by Crippen LogP contribution is 2.23. The maximum atomic E-state index is 4.38. The van der Waals surface area contributed by atoms with Gasteiger partial charge in [0.1, 0.15) is 11.6 Å². The van der Waals surface area contributed by atoms with Gasteiger partial charge in [0.15, 0.2) is 0 Å². The fraction of sp³-hybridized carbons (Fsp3) is 0.333. The van der Waals surface area contributed by atoms with Gasteiger partial charge in [0.05, 0.1) is 6.54 Å². The van der Waals surface area contributed by atoms with Gasteiger partial charge in [0.25, 0.3) is 0 Å². The lowest BCUT2D eigenvalue weighted by molar-refractivity contribution is 0.943. The van der Waals surface area contributed by atoms with Crippen LogP contribution in [0.2, 0.25) is 0 Å². The third kappa shape index (κ3) is 3.26. The molecule has 0 atom stereocenters. The van der Waals surface area contributed by atoms with E-state index in [1.54, 1.807) is 11.3 Å². The van der Waals surface area contributed by atoms with Crippen molar-refractivity contribution in [1.29, 1.82) is 0 Å². The highest BCUT2D eigenvalue weighted by atomic mass is 79.9. The maximum Gasteiger partial charge on any atom is 0.130 e. The van der Waals surface area contributed by atoms with Crippen molar-refractivity contribution < 1.29 is 0 Å². The fourth-order valence-electron chi connectivity index (χ4n) is 1.52. The topological polar surface area (TPSA) is 37.8 Å². The van der Waals surface area contributed by atoms with E-state index in [0.29, 0.717) is 0 Å². The molecular formula is C12H14BrN3S. The largest absolute Gasteiger partial charge is 0.365 e. The van der Waals surface area contributed by atoms with Gasteiger partial charge >= 0.3 is 0 Å². The first-order chi connectivity index (χ1) is 8.19. The number of aromatic nitrogens is 2. The third-order valence-electron chi connectivity index (χ3n) is 2.37. The molecule has 90 valence electrons. The summed E-state index contributed by atoms with van der Waals surface area (Å²) in [6.45, 7) is 4.81. The van der Waals surface area contributed by atoms with Gasteiger partial charge in [-0.15, -0.1) is 11.3 Å². The van der Waals surface area contributed by atoms with Crippen molar-refractivity contribution in [3.63, 3.8) is 0 Å². The number of nitrogens with one attached hydrogen (secondary N) is 1. The third-order valence-corrected chi connectivity index (χ3v) is 4.30. The van der Waals surface area contributed by atoms with E-state index >= 15 is 0 Å². The highest BCUT2D eigenvalue weighted by Gasteiger charge is 2.03. The van der Waals surface area contributed by atoms with Crippen LogP contribution in [0.1, 0.15) is 23.3 Å². The molecule has 17 heavy (non-hydrogen) atoms. The quantitative estimate of drug-likeness (QED) is 0.933. The van der Waals surface area contributed by atoms with Crippen LogP contribution >= 0.6 is 27.3 Å². The van der Waals surface area contributed by atoms with Gasteiger partial charge in [-0.1, -0.05) is 6.92 Å². The minimum atomic E-state index is 0.790. The van der Waals surface area contributed by atoms with Crippen molar-refractivity contribution in [3.8, 4) is 0 Å². The van der Waals surface area contributed by atoms with Crippen molar-refractivity contribution in [2.24, 2.45) is 0 Å². The summed E-state index contributed by atoms with van der Waals surface area (Å²) in [5, 5.41) is 5.41. The van der Waals surface area contributed by atoms with Crippen molar-refractivity contribution in [2.75, 3.05) is 5.32 Å². The van der Waals surface area contributed by atoms with Crippen molar-refractivity contribution in [2.45, 2.75) is 26.8 Å². The minimum Gasteiger partial charge on any atom is -0.365 e. The Morgan fingerprint density at radius 1 is 1.41 bits per heavy atom. The number of rotatable bonds is 4. The molecule has 2 rings (SSSR count). The van der Waals surface area contributed by atoms with Gasteiger partial charge in [0, 0.05) is 21.1 Å². The Hall–Kier alpha value is -0.940. The molecule has 0 bridgehead atoms. The molecule has 5 heteroatoms. The van der Waals surface area contributed by atoms with Gasteiger partial charge in [0.2, 0.25) is 0 Å². The molecule has 3 nitrogen and oxygen atoms in total. The molecule has 0 spiro atoms. The van der Waals surface area contributed by atoms with Crippen LogP contribution in [0, 0.1) is 6.92 Å². The summed E-state index contributed by atoms with van der Waals surface area (Å²) in [7, 11) is 0. The maximum absolute atomic E-state index is 4.38. The zero-order valence-corrected chi connectivity index (χ0v) is 12.2. The zero-order valence-electron chi connectivity index (χ0n) is 9.83. The smallest absolute Gasteiger partial charge is 0.130 e. The molecule has 0 aliphatic rings. The first kappa shape index (κ1) is 12.5. The molecule has 0 fully saturated rings. The van der Waals surface area contributed by atoms with Gasteiger partial charge in [-0.05, 0) is 40.7 Å². The molecule has 0 saturated carbocycles. The van der Waals surface area contributed by atoms with Crippen molar-refractivity contribution in [3.05, 3.63) is 38.4 Å². The monoisotopic (exact) mass is 311 g/mol. The predicted octanol–water partition coefficient (Wildman–Crippen LogP) is 3.78. The van der Waals surface area contributed by atoms with E-state index in [1.165, 1.54) is 4.88 Å². The molecule has 0 amide bonds. The van der Waals surface area contributed by atoms with E-state index < -0.39 is 0 Å². The van der Waals surface area contributed by atoms with Gasteiger partial charge in [-0.3, -0.25) is 0 Å². The molecule has 0 aromatic carbocycles. The van der Waals surface area contributed by atoms with Crippen LogP contribution in [0.25, 0.3) is 0 Å². The second-order valence-corrected chi connectivity index (χ2v) is 5.55. The number of hydrogen-bond donors (Lipinski definition) is 1. The van der Waals surface area contributed by atoms with Crippen LogP contribution in [-0.4, -0.2) is 9.97 Å². The summed E-state index contributed by atoms with van der Waals surface area (Å²) in [4.78, 5) is 10.0. The number of anilines is 1. The van der Waals surface area contributed by atoms with Crippen LogP contribution in [-0.2, 0) is 13.0 Å². The summed E-state index contributed by atoms with van der Waals surface area (Å²) in [6, 6.07) is 4.07. The second-order valence-electron chi connectivity index (χ2n) is 3.69. The summed E-state index contributed by atoms with van der Waals surface area (Å²) < 4.78 is 1.15. The molecule has 0 aliphatic carbocycles. The Kier molecular flexibility index (Phi) is 4.12. The number of thiophene rings is 1. The summed E-state index contributed by atoms with van der Waals surface area (Å²) in [6.07, 6.45) is 0.931. The Morgan fingerprint density at radius 3 is 2.88 bits per heavy atom. The zero-order chi connectivity index (χ0) is 12.3. The SMILES string of the molecule is CCc1cc(NCc2sccc2Br)nc(C)n1. The molecule has 0 saturated heterocycles.